The number of nitrogens with zero attached hydrogens (tertiary/aromatic N) is 1. The van der Waals surface area contributed by atoms with Crippen LogP contribution >= 0.6 is 0 Å². The molecule has 1 fully saturated rings. The average molecular weight is 203 g/mol. The van der Waals surface area contributed by atoms with Gasteiger partial charge in [-0.15, -0.1) is 0 Å². The molecule has 2 rings (SSSR count). The molecular formula is C13H17NO. The third kappa shape index (κ3) is 2.45. The third-order valence-corrected chi connectivity index (χ3v) is 3.11. The van der Waals surface area contributed by atoms with E-state index in [-0.39, 0.29) is 6.04 Å². The van der Waals surface area contributed by atoms with Crippen molar-refractivity contribution in [2.24, 2.45) is 0 Å². The number of ketones is 1. The summed E-state index contributed by atoms with van der Waals surface area (Å²) in [5, 5.41) is 0. The summed E-state index contributed by atoms with van der Waals surface area (Å²) in [4.78, 5) is 14.2. The first kappa shape index (κ1) is 10.4. The van der Waals surface area contributed by atoms with Gasteiger partial charge in [-0.05, 0) is 32.0 Å². The van der Waals surface area contributed by atoms with Crippen LogP contribution in [0.2, 0.25) is 0 Å². The fourth-order valence-corrected chi connectivity index (χ4v) is 2.23. The van der Waals surface area contributed by atoms with Gasteiger partial charge in [-0.2, -0.15) is 0 Å². The highest BCUT2D eigenvalue weighted by atomic mass is 16.1. The molecule has 0 N–H and O–H groups in total. The number of likely N-dealkylation sites (tertiary alicyclic amines) is 1. The van der Waals surface area contributed by atoms with E-state index in [1.54, 1.807) is 0 Å². The Hall–Kier alpha value is -1.15. The highest BCUT2D eigenvalue weighted by Crippen LogP contribution is 2.17. The molecule has 1 saturated heterocycles. The summed E-state index contributed by atoms with van der Waals surface area (Å²) in [5.41, 5.74) is 1.13. The predicted molar refractivity (Wildman–Crippen MR) is 60.8 cm³/mol. The molecule has 0 unspecified atom stereocenters. The summed E-state index contributed by atoms with van der Waals surface area (Å²) in [5.74, 6) is 0.362. The Labute approximate surface area is 90.9 Å². The lowest BCUT2D eigenvalue weighted by Gasteiger charge is -2.17. The van der Waals surface area contributed by atoms with Gasteiger partial charge >= 0.3 is 0 Å². The number of likely N-dealkylation sites (N-methyl/N-ethyl adjacent to an activating group) is 1. The summed E-state index contributed by atoms with van der Waals surface area (Å²) in [6, 6.07) is 10.2. The second-order valence-electron chi connectivity index (χ2n) is 4.27. The van der Waals surface area contributed by atoms with Crippen LogP contribution in [-0.4, -0.2) is 30.3 Å². The van der Waals surface area contributed by atoms with Gasteiger partial charge in [-0.25, -0.2) is 0 Å². The van der Waals surface area contributed by atoms with Gasteiger partial charge in [0, 0.05) is 6.42 Å². The molecule has 0 radical (unpaired) electrons. The van der Waals surface area contributed by atoms with E-state index in [1.165, 1.54) is 0 Å². The molecule has 2 heteroatoms. The van der Waals surface area contributed by atoms with Crippen molar-refractivity contribution in [1.82, 2.24) is 4.90 Å². The van der Waals surface area contributed by atoms with Crippen molar-refractivity contribution < 1.29 is 4.79 Å². The van der Waals surface area contributed by atoms with E-state index in [9.17, 15) is 4.79 Å². The molecular weight excluding hydrogens is 186 g/mol. The predicted octanol–water partition coefficient (Wildman–Crippen LogP) is 1.89. The van der Waals surface area contributed by atoms with Crippen LogP contribution in [0.3, 0.4) is 0 Å². The monoisotopic (exact) mass is 203 g/mol. The first-order valence-electron chi connectivity index (χ1n) is 5.54. The standard InChI is InChI=1S/C13H17NO/c1-14-9-5-8-12(14)13(15)10-11-6-3-2-4-7-11/h2-4,6-7,12H,5,8-10H2,1H3/t12-/m1/s1. The molecule has 0 amide bonds. The smallest absolute Gasteiger partial charge is 0.154 e. The van der Waals surface area contributed by atoms with Gasteiger partial charge in [-0.1, -0.05) is 30.3 Å². The van der Waals surface area contributed by atoms with Gasteiger partial charge in [0.1, 0.15) is 0 Å². The molecule has 0 bridgehead atoms. The van der Waals surface area contributed by atoms with Crippen molar-refractivity contribution in [3.8, 4) is 0 Å². The van der Waals surface area contributed by atoms with Crippen LogP contribution in [0.25, 0.3) is 0 Å². The highest BCUT2D eigenvalue weighted by molar-refractivity contribution is 5.86. The van der Waals surface area contributed by atoms with Gasteiger partial charge in [-0.3, -0.25) is 9.69 Å². The first-order valence-corrected chi connectivity index (χ1v) is 5.54. The van der Waals surface area contributed by atoms with E-state index in [2.05, 4.69) is 4.90 Å². The molecule has 15 heavy (non-hydrogen) atoms. The van der Waals surface area contributed by atoms with Crippen LogP contribution in [0.1, 0.15) is 18.4 Å². The fraction of sp³-hybridized carbons (Fsp3) is 0.462. The molecule has 1 heterocycles. The number of hydrogen-bond acceptors (Lipinski definition) is 2. The molecule has 1 atom stereocenters. The summed E-state index contributed by atoms with van der Waals surface area (Å²) in [6.45, 7) is 1.06. The van der Waals surface area contributed by atoms with Crippen LogP contribution in [-0.2, 0) is 11.2 Å². The Morgan fingerprint density at radius 2 is 2.13 bits per heavy atom. The Bertz CT molecular complexity index is 334. The molecule has 2 nitrogen and oxygen atoms in total. The van der Waals surface area contributed by atoms with Gasteiger partial charge in [0.25, 0.3) is 0 Å². The molecule has 1 aliphatic heterocycles. The van der Waals surface area contributed by atoms with Crippen LogP contribution in [0.5, 0.6) is 0 Å². The summed E-state index contributed by atoms with van der Waals surface area (Å²) in [6.07, 6.45) is 2.76. The zero-order chi connectivity index (χ0) is 10.7. The van der Waals surface area contributed by atoms with E-state index in [0.717, 1.165) is 24.9 Å². The van der Waals surface area contributed by atoms with E-state index in [0.29, 0.717) is 12.2 Å². The number of Topliss-reactive ketones (excluding diaryl/α,β-unsaturated/α-hetero) is 1. The SMILES string of the molecule is CN1CCC[C@@H]1C(=O)Cc1ccccc1. The maximum atomic E-state index is 12.0. The topological polar surface area (TPSA) is 20.3 Å². The third-order valence-electron chi connectivity index (χ3n) is 3.11. The Balaban J connectivity index is 1.98. The van der Waals surface area contributed by atoms with Gasteiger partial charge in [0.2, 0.25) is 0 Å². The molecule has 0 aliphatic carbocycles. The minimum Gasteiger partial charge on any atom is -0.298 e. The van der Waals surface area contributed by atoms with E-state index in [4.69, 9.17) is 0 Å². The van der Waals surface area contributed by atoms with Crippen molar-refractivity contribution >= 4 is 5.78 Å². The summed E-state index contributed by atoms with van der Waals surface area (Å²) in [7, 11) is 2.04. The van der Waals surface area contributed by atoms with Crippen molar-refractivity contribution in [2.75, 3.05) is 13.6 Å². The lowest BCUT2D eigenvalue weighted by Crippen LogP contribution is -2.33. The Kier molecular flexibility index (Phi) is 3.17. The van der Waals surface area contributed by atoms with Crippen LogP contribution in [0.4, 0.5) is 0 Å². The fourth-order valence-electron chi connectivity index (χ4n) is 2.23. The largest absolute Gasteiger partial charge is 0.298 e. The average Bonchev–Trinajstić information content (AvgIpc) is 2.66. The molecule has 1 aromatic rings. The zero-order valence-corrected chi connectivity index (χ0v) is 9.15. The highest BCUT2D eigenvalue weighted by Gasteiger charge is 2.27. The summed E-state index contributed by atoms with van der Waals surface area (Å²) >= 11 is 0. The quantitative estimate of drug-likeness (QED) is 0.747. The van der Waals surface area contributed by atoms with Crippen LogP contribution in [0, 0.1) is 0 Å². The van der Waals surface area contributed by atoms with Crippen molar-refractivity contribution in [3.05, 3.63) is 35.9 Å². The molecule has 80 valence electrons. The van der Waals surface area contributed by atoms with E-state index < -0.39 is 0 Å². The summed E-state index contributed by atoms with van der Waals surface area (Å²) < 4.78 is 0. The molecule has 1 aliphatic rings. The maximum Gasteiger partial charge on any atom is 0.154 e. The Morgan fingerprint density at radius 3 is 2.73 bits per heavy atom. The second kappa shape index (κ2) is 4.58. The molecule has 0 saturated carbocycles. The lowest BCUT2D eigenvalue weighted by molar-refractivity contribution is -0.122. The van der Waals surface area contributed by atoms with Crippen molar-refractivity contribution in [3.63, 3.8) is 0 Å². The lowest BCUT2D eigenvalue weighted by atomic mass is 10.0. The number of carbonyl (C=O) groups is 1. The van der Waals surface area contributed by atoms with Crippen LogP contribution < -0.4 is 0 Å². The first-order chi connectivity index (χ1) is 7.27. The van der Waals surface area contributed by atoms with Crippen LogP contribution in [0.15, 0.2) is 30.3 Å². The number of carbonyl (C=O) groups excluding carboxylic acids is 1. The minimum atomic E-state index is 0.158. The Morgan fingerprint density at radius 1 is 1.40 bits per heavy atom. The molecule has 1 aromatic carbocycles. The zero-order valence-electron chi connectivity index (χ0n) is 9.15. The van der Waals surface area contributed by atoms with E-state index in [1.807, 2.05) is 37.4 Å². The van der Waals surface area contributed by atoms with Crippen molar-refractivity contribution in [2.45, 2.75) is 25.3 Å². The maximum absolute atomic E-state index is 12.0. The number of benzene rings is 1. The van der Waals surface area contributed by atoms with Gasteiger partial charge in [0.05, 0.1) is 6.04 Å². The number of hydrogen-bond donors (Lipinski definition) is 0. The van der Waals surface area contributed by atoms with Crippen molar-refractivity contribution in [1.29, 1.82) is 0 Å². The minimum absolute atomic E-state index is 0.158. The second-order valence-corrected chi connectivity index (χ2v) is 4.27. The van der Waals surface area contributed by atoms with Gasteiger partial charge < -0.3 is 0 Å². The normalized spacial score (nSPS) is 21.8. The van der Waals surface area contributed by atoms with Gasteiger partial charge in [0.15, 0.2) is 5.78 Å². The van der Waals surface area contributed by atoms with E-state index >= 15 is 0 Å². The number of rotatable bonds is 3. The molecule has 0 spiro atoms. The molecule has 0 aromatic heterocycles.